The van der Waals surface area contributed by atoms with Gasteiger partial charge >= 0.3 is 7.69 Å². The second-order valence-corrected chi connectivity index (χ2v) is 7.08. The number of hydrogen-bond acceptors (Lipinski definition) is 2. The van der Waals surface area contributed by atoms with Crippen LogP contribution in [-0.4, -0.2) is 24.0 Å². The molecule has 27 heavy (non-hydrogen) atoms. The van der Waals surface area contributed by atoms with Crippen molar-refractivity contribution in [1.29, 1.82) is 0 Å². The second-order valence-electron chi connectivity index (χ2n) is 7.08. The first-order chi connectivity index (χ1) is 13.2. The van der Waals surface area contributed by atoms with Crippen molar-refractivity contribution in [2.45, 2.75) is 33.2 Å². The van der Waals surface area contributed by atoms with E-state index >= 15 is 0 Å². The van der Waals surface area contributed by atoms with Crippen molar-refractivity contribution in [3.8, 4) is 0 Å². The van der Waals surface area contributed by atoms with E-state index in [0.717, 1.165) is 28.8 Å². The fraction of sp³-hybridized carbons (Fsp3) is 0.273. The summed E-state index contributed by atoms with van der Waals surface area (Å²) in [6.07, 6.45) is 9.16. The zero-order valence-electron chi connectivity index (χ0n) is 16.0. The molecule has 0 fully saturated rings. The Balaban J connectivity index is 1.82. The van der Waals surface area contributed by atoms with E-state index in [1.807, 2.05) is 37.3 Å². The van der Waals surface area contributed by atoms with E-state index in [9.17, 15) is 4.32 Å². The molecule has 1 aromatic carbocycles. The Hall–Kier alpha value is -2.69. The van der Waals surface area contributed by atoms with E-state index in [1.54, 1.807) is 4.81 Å². The summed E-state index contributed by atoms with van der Waals surface area (Å²) >= 11 is 0. The number of halogens is 1. The predicted molar refractivity (Wildman–Crippen MR) is 112 cm³/mol. The fourth-order valence-electron chi connectivity index (χ4n) is 4.29. The molecule has 136 valence electrons. The molecule has 3 nitrogen and oxygen atoms in total. The molecule has 0 N–H and O–H groups in total. The van der Waals surface area contributed by atoms with Crippen LogP contribution >= 0.6 is 0 Å². The van der Waals surface area contributed by atoms with Gasteiger partial charge in [0.1, 0.15) is 5.82 Å². The number of nitrogens with zero attached hydrogens (tertiary/aromatic N) is 3. The van der Waals surface area contributed by atoms with Crippen LogP contribution in [0.1, 0.15) is 38.8 Å². The van der Waals surface area contributed by atoms with E-state index in [2.05, 4.69) is 43.1 Å². The van der Waals surface area contributed by atoms with Crippen LogP contribution < -0.4 is 0 Å². The number of fused-ring (bicyclic) bond motifs is 1. The average molecular weight is 359 g/mol. The summed E-state index contributed by atoms with van der Waals surface area (Å²) in [6, 6.07) is 10.0. The molecule has 0 amide bonds. The van der Waals surface area contributed by atoms with Crippen molar-refractivity contribution in [3.05, 3.63) is 82.7 Å². The molecule has 2 atom stereocenters. The molecule has 0 saturated carbocycles. The Kier molecular flexibility index (Phi) is 4.69. The standard InChI is InChI=1S/C22H23BFN3/c1-4-17-14(2)21(25-15(17)3)26-22-19-13-9-8-12-18(19)20(27(22)23-24)16-10-6-5-7-11-16/h5-13,18,20,23H,4H2,1-3H3/b26-21-. The average Bonchev–Trinajstić information content (AvgIpc) is 3.16. The molecule has 2 aliphatic heterocycles. The van der Waals surface area contributed by atoms with E-state index in [4.69, 9.17) is 4.99 Å². The van der Waals surface area contributed by atoms with Crippen LogP contribution in [0.15, 0.2) is 87.2 Å². The van der Waals surface area contributed by atoms with E-state index in [1.165, 1.54) is 5.57 Å². The van der Waals surface area contributed by atoms with Crippen molar-refractivity contribution >= 4 is 19.2 Å². The minimum Gasteiger partial charge on any atom is -0.366 e. The Morgan fingerprint density at radius 1 is 1.19 bits per heavy atom. The SMILES string of the molecule is CCC1=C(C)/C(=N/C2=C3C=CC=CC3C(c3ccccc3)N2BF)N=C1C. The van der Waals surface area contributed by atoms with Gasteiger partial charge in [-0.1, -0.05) is 61.6 Å². The van der Waals surface area contributed by atoms with Gasteiger partial charge in [0.05, 0.1) is 6.04 Å². The largest absolute Gasteiger partial charge is 0.446 e. The third-order valence-corrected chi connectivity index (χ3v) is 5.60. The van der Waals surface area contributed by atoms with Crippen LogP contribution in [0.5, 0.6) is 0 Å². The number of hydrogen-bond donors (Lipinski definition) is 0. The highest BCUT2D eigenvalue weighted by Gasteiger charge is 2.40. The quantitative estimate of drug-likeness (QED) is 0.708. The van der Waals surface area contributed by atoms with Crippen LogP contribution in [0.3, 0.4) is 0 Å². The summed E-state index contributed by atoms with van der Waals surface area (Å²) in [4.78, 5) is 11.3. The summed E-state index contributed by atoms with van der Waals surface area (Å²) in [5, 5.41) is 0. The highest BCUT2D eigenvalue weighted by molar-refractivity contribution is 6.24. The minimum absolute atomic E-state index is 0.0897. The lowest BCUT2D eigenvalue weighted by Crippen LogP contribution is -2.28. The Morgan fingerprint density at radius 3 is 2.63 bits per heavy atom. The molecule has 5 heteroatoms. The number of allylic oxidation sites excluding steroid dienone is 4. The van der Waals surface area contributed by atoms with Crippen molar-refractivity contribution < 1.29 is 4.32 Å². The van der Waals surface area contributed by atoms with E-state index in [-0.39, 0.29) is 12.0 Å². The molecule has 2 unspecified atom stereocenters. The lowest BCUT2D eigenvalue weighted by molar-refractivity contribution is 0.379. The molecular weight excluding hydrogens is 336 g/mol. The molecule has 0 radical (unpaired) electrons. The van der Waals surface area contributed by atoms with Gasteiger partial charge in [0, 0.05) is 17.2 Å². The lowest BCUT2D eigenvalue weighted by atomic mass is 9.86. The fourth-order valence-corrected chi connectivity index (χ4v) is 4.29. The monoisotopic (exact) mass is 359 g/mol. The first-order valence-electron chi connectivity index (χ1n) is 9.46. The Morgan fingerprint density at radius 2 is 1.96 bits per heavy atom. The van der Waals surface area contributed by atoms with Crippen LogP contribution in [0.25, 0.3) is 0 Å². The van der Waals surface area contributed by atoms with Gasteiger partial charge in [0.2, 0.25) is 0 Å². The van der Waals surface area contributed by atoms with Crippen molar-refractivity contribution in [2.24, 2.45) is 15.9 Å². The van der Waals surface area contributed by atoms with Gasteiger partial charge < -0.3 is 9.13 Å². The molecule has 2 heterocycles. The van der Waals surface area contributed by atoms with Crippen LogP contribution in [0, 0.1) is 5.92 Å². The van der Waals surface area contributed by atoms with Gasteiger partial charge in [-0.2, -0.15) is 0 Å². The first-order valence-corrected chi connectivity index (χ1v) is 9.46. The molecule has 1 aliphatic carbocycles. The van der Waals surface area contributed by atoms with Gasteiger partial charge in [0.25, 0.3) is 0 Å². The number of aliphatic imine (C=N–C) groups is 2. The Labute approximate surface area is 160 Å². The zero-order valence-corrected chi connectivity index (χ0v) is 16.0. The van der Waals surface area contributed by atoms with Gasteiger partial charge in [0.15, 0.2) is 5.84 Å². The zero-order chi connectivity index (χ0) is 19.0. The molecule has 0 saturated heterocycles. The van der Waals surface area contributed by atoms with Crippen molar-refractivity contribution in [2.75, 3.05) is 0 Å². The topological polar surface area (TPSA) is 28.0 Å². The number of benzene rings is 1. The predicted octanol–water partition coefficient (Wildman–Crippen LogP) is 4.83. The highest BCUT2D eigenvalue weighted by Crippen LogP contribution is 2.46. The summed E-state index contributed by atoms with van der Waals surface area (Å²) in [7, 11) is -0.584. The molecule has 0 spiro atoms. The summed E-state index contributed by atoms with van der Waals surface area (Å²) in [5.41, 5.74) is 5.50. The number of rotatable bonds is 4. The Bertz CT molecular complexity index is 938. The molecule has 0 bridgehead atoms. The molecule has 1 aromatic rings. The van der Waals surface area contributed by atoms with Crippen LogP contribution in [0.2, 0.25) is 0 Å². The van der Waals surface area contributed by atoms with Crippen LogP contribution in [-0.2, 0) is 0 Å². The summed E-state index contributed by atoms with van der Waals surface area (Å²) in [6.45, 7) is 6.20. The third-order valence-electron chi connectivity index (χ3n) is 5.60. The van der Waals surface area contributed by atoms with Crippen LogP contribution in [0.4, 0.5) is 4.32 Å². The van der Waals surface area contributed by atoms with Gasteiger partial charge in [-0.3, -0.25) is 0 Å². The van der Waals surface area contributed by atoms with Gasteiger partial charge in [-0.15, -0.1) is 0 Å². The highest BCUT2D eigenvalue weighted by atomic mass is 19.1. The number of amidine groups is 1. The van der Waals surface area contributed by atoms with E-state index < -0.39 is 7.69 Å². The molecular formula is C22H23BFN3. The maximum atomic E-state index is 14.2. The maximum Gasteiger partial charge on any atom is 0.446 e. The molecule has 3 aliphatic rings. The van der Waals surface area contributed by atoms with E-state index in [0.29, 0.717) is 11.7 Å². The lowest BCUT2D eigenvalue weighted by Gasteiger charge is -2.28. The van der Waals surface area contributed by atoms with Gasteiger partial charge in [-0.25, -0.2) is 9.98 Å². The minimum atomic E-state index is -0.584. The van der Waals surface area contributed by atoms with Crippen molar-refractivity contribution in [3.63, 3.8) is 0 Å². The third kappa shape index (κ3) is 2.91. The summed E-state index contributed by atoms with van der Waals surface area (Å²) in [5.74, 6) is 1.50. The summed E-state index contributed by atoms with van der Waals surface area (Å²) < 4.78 is 14.2. The van der Waals surface area contributed by atoms with Crippen molar-refractivity contribution in [1.82, 2.24) is 4.81 Å². The first kappa shape index (κ1) is 17.7. The molecule has 4 rings (SSSR count). The maximum absolute atomic E-state index is 14.2. The normalized spacial score (nSPS) is 25.6. The smallest absolute Gasteiger partial charge is 0.366 e. The second kappa shape index (κ2) is 7.14. The van der Waals surface area contributed by atoms with Gasteiger partial charge in [-0.05, 0) is 37.0 Å². The molecule has 0 aromatic heterocycles.